The van der Waals surface area contributed by atoms with Gasteiger partial charge in [-0.2, -0.15) is 0 Å². The van der Waals surface area contributed by atoms with Crippen molar-refractivity contribution >= 4 is 16.0 Å². The quantitative estimate of drug-likeness (QED) is 0.855. The Morgan fingerprint density at radius 2 is 1.89 bits per heavy atom. The molecule has 0 spiro atoms. The van der Waals surface area contributed by atoms with Crippen LogP contribution in [0, 0.1) is 5.41 Å². The third-order valence-electron chi connectivity index (χ3n) is 3.40. The third-order valence-corrected chi connectivity index (χ3v) is 4.89. The van der Waals surface area contributed by atoms with Crippen molar-refractivity contribution in [1.82, 2.24) is 4.72 Å². The van der Waals surface area contributed by atoms with Gasteiger partial charge in [0.2, 0.25) is 10.0 Å². The predicted octanol–water partition coefficient (Wildman–Crippen LogP) is 1.39. The average molecular weight is 283 g/mol. The molecular weight excluding hydrogens is 266 g/mol. The van der Waals surface area contributed by atoms with E-state index in [1.54, 1.807) is 0 Å². The summed E-state index contributed by atoms with van der Waals surface area (Å²) in [5, 5.41) is 8.65. The van der Waals surface area contributed by atoms with Crippen LogP contribution in [0.25, 0.3) is 0 Å². The van der Waals surface area contributed by atoms with Crippen molar-refractivity contribution in [3.05, 3.63) is 29.8 Å². The molecule has 0 heterocycles. The van der Waals surface area contributed by atoms with Crippen LogP contribution in [0.3, 0.4) is 0 Å². The van der Waals surface area contributed by atoms with Gasteiger partial charge in [-0.1, -0.05) is 26.0 Å². The van der Waals surface area contributed by atoms with Crippen molar-refractivity contribution in [3.8, 4) is 0 Å². The summed E-state index contributed by atoms with van der Waals surface area (Å²) >= 11 is 0. The topological polar surface area (TPSA) is 83.5 Å². The summed E-state index contributed by atoms with van der Waals surface area (Å²) < 4.78 is 26.8. The maximum atomic E-state index is 12.1. The zero-order chi connectivity index (χ0) is 14.3. The highest BCUT2D eigenvalue weighted by Gasteiger charge is 2.47. The maximum absolute atomic E-state index is 12.1. The second kappa shape index (κ2) is 4.61. The van der Waals surface area contributed by atoms with E-state index in [-0.39, 0.29) is 22.8 Å². The van der Waals surface area contributed by atoms with E-state index in [2.05, 4.69) is 4.72 Å². The van der Waals surface area contributed by atoms with Crippen LogP contribution < -0.4 is 4.72 Å². The van der Waals surface area contributed by atoms with E-state index in [9.17, 15) is 13.2 Å². The Balaban J connectivity index is 2.11. The molecule has 1 aliphatic carbocycles. The lowest BCUT2D eigenvalue weighted by Crippen LogP contribution is -2.28. The number of nitrogens with one attached hydrogen (secondary N) is 1. The molecule has 1 saturated carbocycles. The number of carbonyl (C=O) groups is 1. The molecule has 1 aromatic rings. The van der Waals surface area contributed by atoms with Gasteiger partial charge in [0, 0.05) is 6.04 Å². The molecule has 2 N–H and O–H groups in total. The third kappa shape index (κ3) is 3.33. The molecule has 0 radical (unpaired) electrons. The van der Waals surface area contributed by atoms with Crippen LogP contribution in [-0.2, 0) is 21.2 Å². The molecule has 0 saturated heterocycles. The average Bonchev–Trinajstić information content (AvgIpc) is 2.84. The Morgan fingerprint density at radius 3 is 2.32 bits per heavy atom. The van der Waals surface area contributed by atoms with Crippen LogP contribution in [0.2, 0.25) is 0 Å². The number of benzene rings is 1. The van der Waals surface area contributed by atoms with Crippen LogP contribution in [-0.4, -0.2) is 25.5 Å². The largest absolute Gasteiger partial charge is 0.481 e. The van der Waals surface area contributed by atoms with E-state index in [0.29, 0.717) is 5.56 Å². The van der Waals surface area contributed by atoms with Gasteiger partial charge in [-0.3, -0.25) is 4.79 Å². The Labute approximate surface area is 112 Å². The van der Waals surface area contributed by atoms with Gasteiger partial charge in [0.15, 0.2) is 0 Å². The molecule has 19 heavy (non-hydrogen) atoms. The number of hydrogen-bond acceptors (Lipinski definition) is 3. The van der Waals surface area contributed by atoms with Crippen molar-refractivity contribution < 1.29 is 18.3 Å². The summed E-state index contributed by atoms with van der Waals surface area (Å²) in [5.41, 5.74) is 0.606. The summed E-state index contributed by atoms with van der Waals surface area (Å²) in [6.07, 6.45) is 0.729. The SMILES string of the molecule is CC1(C)CC1NS(=O)(=O)c1ccc(CC(=O)O)cc1. The molecule has 104 valence electrons. The molecule has 5 nitrogen and oxygen atoms in total. The number of carboxylic acid groups (broad SMARTS) is 1. The predicted molar refractivity (Wildman–Crippen MR) is 70.3 cm³/mol. The molecule has 0 bridgehead atoms. The zero-order valence-electron chi connectivity index (χ0n) is 10.9. The molecule has 1 aromatic carbocycles. The lowest BCUT2D eigenvalue weighted by atomic mass is 10.2. The summed E-state index contributed by atoms with van der Waals surface area (Å²) in [4.78, 5) is 10.7. The van der Waals surface area contributed by atoms with Crippen LogP contribution in [0.15, 0.2) is 29.2 Å². The molecule has 1 fully saturated rings. The van der Waals surface area contributed by atoms with Crippen LogP contribution >= 0.6 is 0 Å². The number of sulfonamides is 1. The minimum Gasteiger partial charge on any atom is -0.481 e. The minimum absolute atomic E-state index is 0.0174. The van der Waals surface area contributed by atoms with Gasteiger partial charge in [0.25, 0.3) is 0 Å². The number of carboxylic acids is 1. The fourth-order valence-electron chi connectivity index (χ4n) is 1.88. The van der Waals surface area contributed by atoms with E-state index < -0.39 is 16.0 Å². The lowest BCUT2D eigenvalue weighted by molar-refractivity contribution is -0.136. The highest BCUT2D eigenvalue weighted by molar-refractivity contribution is 7.89. The molecule has 0 aromatic heterocycles. The lowest BCUT2D eigenvalue weighted by Gasteiger charge is -2.08. The molecule has 0 amide bonds. The first kappa shape index (κ1) is 14.0. The van der Waals surface area contributed by atoms with Crippen molar-refractivity contribution in [2.45, 2.75) is 37.6 Å². The number of aliphatic carboxylic acids is 1. The summed E-state index contributed by atoms with van der Waals surface area (Å²) in [6.45, 7) is 4.02. The second-order valence-corrected chi connectivity index (χ2v) is 7.30. The number of hydrogen-bond donors (Lipinski definition) is 2. The summed E-state index contributed by atoms with van der Waals surface area (Å²) in [7, 11) is -3.51. The molecular formula is C13H17NO4S. The Hall–Kier alpha value is -1.40. The van der Waals surface area contributed by atoms with Crippen molar-refractivity contribution in [2.24, 2.45) is 5.41 Å². The summed E-state index contributed by atoms with van der Waals surface area (Å²) in [6, 6.07) is 5.92. The van der Waals surface area contributed by atoms with E-state index in [4.69, 9.17) is 5.11 Å². The molecule has 1 atom stereocenters. The van der Waals surface area contributed by atoms with Crippen LogP contribution in [0.1, 0.15) is 25.8 Å². The van der Waals surface area contributed by atoms with Crippen LogP contribution in [0.5, 0.6) is 0 Å². The van der Waals surface area contributed by atoms with Crippen molar-refractivity contribution in [3.63, 3.8) is 0 Å². The summed E-state index contributed by atoms with van der Waals surface area (Å²) in [5.74, 6) is -0.937. The minimum atomic E-state index is -3.51. The van der Waals surface area contributed by atoms with E-state index in [0.717, 1.165) is 6.42 Å². The Morgan fingerprint density at radius 1 is 1.37 bits per heavy atom. The van der Waals surface area contributed by atoms with Gasteiger partial charge in [0.1, 0.15) is 0 Å². The van der Waals surface area contributed by atoms with Crippen molar-refractivity contribution in [1.29, 1.82) is 0 Å². The van der Waals surface area contributed by atoms with Crippen LogP contribution in [0.4, 0.5) is 0 Å². The molecule has 1 aliphatic rings. The fraction of sp³-hybridized carbons (Fsp3) is 0.462. The highest BCUT2D eigenvalue weighted by Crippen LogP contribution is 2.45. The standard InChI is InChI=1S/C13H17NO4S/c1-13(2)8-11(13)14-19(17,18)10-5-3-9(4-6-10)7-12(15)16/h3-6,11,14H,7-8H2,1-2H3,(H,15,16). The first-order chi connectivity index (χ1) is 8.71. The monoisotopic (exact) mass is 283 g/mol. The second-order valence-electron chi connectivity index (χ2n) is 5.58. The molecule has 0 aliphatic heterocycles. The highest BCUT2D eigenvalue weighted by atomic mass is 32.2. The van der Waals surface area contributed by atoms with E-state index in [1.165, 1.54) is 24.3 Å². The zero-order valence-corrected chi connectivity index (χ0v) is 11.7. The van der Waals surface area contributed by atoms with E-state index >= 15 is 0 Å². The van der Waals surface area contributed by atoms with Gasteiger partial charge in [0.05, 0.1) is 11.3 Å². The molecule has 1 unspecified atom stereocenters. The van der Waals surface area contributed by atoms with Gasteiger partial charge in [-0.25, -0.2) is 13.1 Å². The van der Waals surface area contributed by atoms with Gasteiger partial charge in [-0.05, 0) is 29.5 Å². The normalized spacial score (nSPS) is 21.1. The van der Waals surface area contributed by atoms with Gasteiger partial charge in [-0.15, -0.1) is 0 Å². The van der Waals surface area contributed by atoms with E-state index in [1.807, 2.05) is 13.8 Å². The Kier molecular flexibility index (Phi) is 3.40. The van der Waals surface area contributed by atoms with Crippen molar-refractivity contribution in [2.75, 3.05) is 0 Å². The molecule has 2 rings (SSSR count). The first-order valence-electron chi connectivity index (χ1n) is 6.04. The maximum Gasteiger partial charge on any atom is 0.307 e. The molecule has 6 heteroatoms. The smallest absolute Gasteiger partial charge is 0.307 e. The Bertz CT molecular complexity index is 590. The van der Waals surface area contributed by atoms with Gasteiger partial charge < -0.3 is 5.11 Å². The van der Waals surface area contributed by atoms with Gasteiger partial charge >= 0.3 is 5.97 Å². The number of rotatable bonds is 5. The fourth-order valence-corrected chi connectivity index (χ4v) is 3.29. The first-order valence-corrected chi connectivity index (χ1v) is 7.52.